The van der Waals surface area contributed by atoms with Crippen molar-refractivity contribution in [1.29, 1.82) is 5.26 Å². The molecule has 0 aliphatic heterocycles. The Hall–Kier alpha value is -1.74. The zero-order chi connectivity index (χ0) is 12.0. The zero-order valence-corrected chi connectivity index (χ0v) is 9.18. The highest BCUT2D eigenvalue weighted by Gasteiger charge is 2.05. The Labute approximate surface area is 96.6 Å². The second-order valence-electron chi connectivity index (χ2n) is 2.91. The molecule has 0 aliphatic rings. The number of anilines is 1. The van der Waals surface area contributed by atoms with E-state index < -0.39 is 5.82 Å². The van der Waals surface area contributed by atoms with Crippen LogP contribution >= 0.6 is 11.8 Å². The Balaban J connectivity index is 2.51. The van der Waals surface area contributed by atoms with E-state index in [0.29, 0.717) is 10.6 Å². The van der Waals surface area contributed by atoms with Gasteiger partial charge in [0.05, 0.1) is 11.8 Å². The molecule has 0 radical (unpaired) electrons. The van der Waals surface area contributed by atoms with Crippen molar-refractivity contribution in [3.05, 3.63) is 24.0 Å². The molecule has 0 heterocycles. The maximum atomic E-state index is 12.9. The molecule has 0 bridgehead atoms. The number of rotatable bonds is 4. The second kappa shape index (κ2) is 5.98. The van der Waals surface area contributed by atoms with Gasteiger partial charge in [-0.2, -0.15) is 5.26 Å². The average molecular weight is 239 g/mol. The number of amides is 1. The number of halogens is 1. The molecule has 0 spiro atoms. The lowest BCUT2D eigenvalue weighted by molar-refractivity contribution is -0.118. The maximum absolute atomic E-state index is 12.9. The summed E-state index contributed by atoms with van der Waals surface area (Å²) >= 11 is 1.13. The molecule has 1 aromatic carbocycles. The average Bonchev–Trinajstić information content (AvgIpc) is 2.27. The first-order valence-corrected chi connectivity index (χ1v) is 5.43. The van der Waals surface area contributed by atoms with E-state index in [1.807, 2.05) is 0 Å². The van der Waals surface area contributed by atoms with Crippen molar-refractivity contribution in [2.45, 2.75) is 4.90 Å². The number of hydrogen-bond donors (Lipinski definition) is 2. The Morgan fingerprint density at radius 3 is 3.06 bits per heavy atom. The van der Waals surface area contributed by atoms with Gasteiger partial charge in [0.15, 0.2) is 0 Å². The summed E-state index contributed by atoms with van der Waals surface area (Å²) in [5.74, 6) is -0.570. The molecule has 1 rings (SSSR count). The Kier molecular flexibility index (Phi) is 4.61. The smallest absolute Gasteiger partial charge is 0.231 e. The lowest BCUT2D eigenvalue weighted by atomic mass is 10.3. The number of carbonyl (C=O) groups is 1. The minimum atomic E-state index is -0.394. The number of thioether (sulfide) groups is 1. The molecule has 16 heavy (non-hydrogen) atoms. The van der Waals surface area contributed by atoms with Gasteiger partial charge < -0.3 is 11.1 Å². The predicted molar refractivity (Wildman–Crippen MR) is 60.2 cm³/mol. The molecule has 0 saturated heterocycles. The van der Waals surface area contributed by atoms with Gasteiger partial charge >= 0.3 is 0 Å². The Bertz CT molecular complexity index is 431. The first-order chi connectivity index (χ1) is 7.63. The summed E-state index contributed by atoms with van der Waals surface area (Å²) in [7, 11) is 0. The normalized spacial score (nSPS) is 9.50. The number of nitrogens with one attached hydrogen (secondary N) is 1. The van der Waals surface area contributed by atoms with Crippen LogP contribution in [0.3, 0.4) is 0 Å². The van der Waals surface area contributed by atoms with E-state index in [4.69, 9.17) is 11.0 Å². The van der Waals surface area contributed by atoms with Gasteiger partial charge in [0, 0.05) is 10.6 Å². The minimum absolute atomic E-state index is 0.0297. The van der Waals surface area contributed by atoms with Gasteiger partial charge in [-0.1, -0.05) is 0 Å². The minimum Gasteiger partial charge on any atom is -0.398 e. The van der Waals surface area contributed by atoms with E-state index in [1.165, 1.54) is 18.2 Å². The predicted octanol–water partition coefficient (Wildman–Crippen LogP) is 1.14. The summed E-state index contributed by atoms with van der Waals surface area (Å²) in [5.41, 5.74) is 6.03. The standard InChI is InChI=1S/C10H10FN3OS/c11-7-1-2-8(13)9(5-7)16-6-10(15)14-4-3-12/h1-2,5H,4,6,13H2,(H,14,15). The van der Waals surface area contributed by atoms with Crippen LogP contribution in [0, 0.1) is 17.1 Å². The van der Waals surface area contributed by atoms with Gasteiger partial charge in [0.25, 0.3) is 0 Å². The SMILES string of the molecule is N#CCNC(=O)CSc1cc(F)ccc1N. The summed E-state index contributed by atoms with van der Waals surface area (Å²) < 4.78 is 12.9. The first kappa shape index (κ1) is 12.3. The highest BCUT2D eigenvalue weighted by molar-refractivity contribution is 8.00. The summed E-state index contributed by atoms with van der Waals surface area (Å²) in [6.45, 7) is -0.0297. The van der Waals surface area contributed by atoms with E-state index >= 15 is 0 Å². The van der Waals surface area contributed by atoms with Crippen LogP contribution in [0.1, 0.15) is 0 Å². The molecular formula is C10H10FN3OS. The van der Waals surface area contributed by atoms with Crippen molar-refractivity contribution in [1.82, 2.24) is 5.32 Å². The quantitative estimate of drug-likeness (QED) is 0.469. The van der Waals surface area contributed by atoms with Gasteiger partial charge in [0.1, 0.15) is 12.4 Å². The third-order valence-corrected chi connectivity index (χ3v) is 2.77. The van der Waals surface area contributed by atoms with Crippen LogP contribution in [0.15, 0.2) is 23.1 Å². The van der Waals surface area contributed by atoms with Gasteiger partial charge in [-0.3, -0.25) is 4.79 Å². The summed E-state index contributed by atoms with van der Waals surface area (Å²) in [6.07, 6.45) is 0. The lowest BCUT2D eigenvalue weighted by Gasteiger charge is -2.04. The van der Waals surface area contributed by atoms with E-state index in [2.05, 4.69) is 5.32 Å². The number of carbonyl (C=O) groups excluding carboxylic acids is 1. The lowest BCUT2D eigenvalue weighted by Crippen LogP contribution is -2.25. The van der Waals surface area contributed by atoms with Crippen molar-refractivity contribution in [2.24, 2.45) is 0 Å². The Morgan fingerprint density at radius 1 is 1.62 bits per heavy atom. The number of nitrogens with two attached hydrogens (primary N) is 1. The molecule has 0 saturated carbocycles. The number of nitriles is 1. The second-order valence-corrected chi connectivity index (χ2v) is 3.92. The van der Waals surface area contributed by atoms with Crippen LogP contribution in [0.4, 0.5) is 10.1 Å². The largest absolute Gasteiger partial charge is 0.398 e. The van der Waals surface area contributed by atoms with Gasteiger partial charge in [-0.15, -0.1) is 11.8 Å². The van der Waals surface area contributed by atoms with Crippen LogP contribution in [-0.2, 0) is 4.79 Å². The molecular weight excluding hydrogens is 229 g/mol. The van der Waals surface area contributed by atoms with Crippen LogP contribution in [0.5, 0.6) is 0 Å². The van der Waals surface area contributed by atoms with Crippen LogP contribution in [0.25, 0.3) is 0 Å². The molecule has 0 unspecified atom stereocenters. The maximum Gasteiger partial charge on any atom is 0.231 e. The number of nitrogens with zero attached hydrogens (tertiary/aromatic N) is 1. The topological polar surface area (TPSA) is 78.9 Å². The molecule has 0 atom stereocenters. The highest BCUT2D eigenvalue weighted by Crippen LogP contribution is 2.25. The van der Waals surface area contributed by atoms with Crippen molar-refractivity contribution >= 4 is 23.4 Å². The fourth-order valence-electron chi connectivity index (χ4n) is 0.966. The summed E-state index contributed by atoms with van der Waals surface area (Å²) in [5, 5.41) is 10.6. The number of nitrogen functional groups attached to an aromatic ring is 1. The van der Waals surface area contributed by atoms with Crippen LogP contribution in [0.2, 0.25) is 0 Å². The first-order valence-electron chi connectivity index (χ1n) is 4.45. The molecule has 84 valence electrons. The number of benzene rings is 1. The monoisotopic (exact) mass is 239 g/mol. The zero-order valence-electron chi connectivity index (χ0n) is 8.37. The number of hydrogen-bond acceptors (Lipinski definition) is 4. The van der Waals surface area contributed by atoms with Crippen molar-refractivity contribution in [3.8, 4) is 6.07 Å². The summed E-state index contributed by atoms with van der Waals surface area (Å²) in [6, 6.07) is 5.78. The van der Waals surface area contributed by atoms with E-state index in [-0.39, 0.29) is 18.2 Å². The van der Waals surface area contributed by atoms with Gasteiger partial charge in [-0.25, -0.2) is 4.39 Å². The van der Waals surface area contributed by atoms with Gasteiger partial charge in [0.2, 0.25) is 5.91 Å². The molecule has 0 aliphatic carbocycles. The highest BCUT2D eigenvalue weighted by atomic mass is 32.2. The van der Waals surface area contributed by atoms with E-state index in [9.17, 15) is 9.18 Å². The van der Waals surface area contributed by atoms with Crippen molar-refractivity contribution < 1.29 is 9.18 Å². The summed E-state index contributed by atoms with van der Waals surface area (Å²) in [4.78, 5) is 11.7. The Morgan fingerprint density at radius 2 is 2.38 bits per heavy atom. The van der Waals surface area contributed by atoms with E-state index in [1.54, 1.807) is 6.07 Å². The molecule has 3 N–H and O–H groups in total. The molecule has 1 amide bonds. The van der Waals surface area contributed by atoms with Crippen molar-refractivity contribution in [3.63, 3.8) is 0 Å². The van der Waals surface area contributed by atoms with E-state index in [0.717, 1.165) is 11.8 Å². The molecule has 6 heteroatoms. The van der Waals surface area contributed by atoms with Gasteiger partial charge in [-0.05, 0) is 18.2 Å². The fourth-order valence-corrected chi connectivity index (χ4v) is 1.78. The molecule has 1 aromatic rings. The fraction of sp³-hybridized carbons (Fsp3) is 0.200. The third kappa shape index (κ3) is 3.79. The molecule has 0 aromatic heterocycles. The third-order valence-electron chi connectivity index (χ3n) is 1.70. The van der Waals surface area contributed by atoms with Crippen molar-refractivity contribution in [2.75, 3.05) is 18.0 Å². The van der Waals surface area contributed by atoms with Crippen LogP contribution in [-0.4, -0.2) is 18.2 Å². The molecule has 4 nitrogen and oxygen atoms in total. The molecule has 0 fully saturated rings. The van der Waals surface area contributed by atoms with Crippen LogP contribution < -0.4 is 11.1 Å².